The minimum Gasteiger partial charge on any atom is -0.463 e. The van der Waals surface area contributed by atoms with Crippen molar-refractivity contribution in [1.82, 2.24) is 0 Å². The number of ether oxygens (including phenoxy) is 2. The average molecular weight is 238 g/mol. The molecule has 0 saturated carbocycles. The highest BCUT2D eigenvalue weighted by molar-refractivity contribution is 5.86. The van der Waals surface area contributed by atoms with Gasteiger partial charge in [-0.1, -0.05) is 38.5 Å². The number of allylic oxidation sites excluding steroid dienone is 3. The Morgan fingerprint density at radius 3 is 2.71 bits per heavy atom. The molecule has 0 rings (SSSR count). The molecule has 0 bridgehead atoms. The molecule has 3 heteroatoms. The third-order valence-corrected chi connectivity index (χ3v) is 1.94. The zero-order valence-electron chi connectivity index (χ0n) is 10.9. The van der Waals surface area contributed by atoms with E-state index < -0.39 is 12.3 Å². The molecule has 0 spiro atoms. The molecule has 1 atom stereocenters. The summed E-state index contributed by atoms with van der Waals surface area (Å²) in [4.78, 5) is 11.1. The molecule has 0 aliphatic carbocycles. The lowest BCUT2D eigenvalue weighted by atomic mass is 10.2. The lowest BCUT2D eigenvalue weighted by Crippen LogP contribution is -2.16. The number of hydrogen-bond acceptors (Lipinski definition) is 3. The molecule has 96 valence electrons. The monoisotopic (exact) mass is 238 g/mol. The zero-order chi connectivity index (χ0) is 13.1. The maximum absolute atomic E-state index is 11.1. The topological polar surface area (TPSA) is 35.5 Å². The minimum atomic E-state index is -0.598. The molecule has 17 heavy (non-hydrogen) atoms. The summed E-state index contributed by atoms with van der Waals surface area (Å²) in [5.41, 5.74) is 0.365. The number of esters is 1. The third-order valence-electron chi connectivity index (χ3n) is 1.94. The highest BCUT2D eigenvalue weighted by Crippen LogP contribution is 2.00. The van der Waals surface area contributed by atoms with E-state index >= 15 is 0 Å². The van der Waals surface area contributed by atoms with Gasteiger partial charge in [0.1, 0.15) is 0 Å². The highest BCUT2D eigenvalue weighted by atomic mass is 16.7. The summed E-state index contributed by atoms with van der Waals surface area (Å²) >= 11 is 0. The largest absolute Gasteiger partial charge is 0.463 e. The number of carbonyl (C=O) groups is 1. The molecule has 0 aromatic carbocycles. The Morgan fingerprint density at radius 2 is 2.12 bits per heavy atom. The van der Waals surface area contributed by atoms with Crippen molar-refractivity contribution in [2.75, 3.05) is 0 Å². The van der Waals surface area contributed by atoms with Crippen molar-refractivity contribution in [1.29, 1.82) is 0 Å². The first-order valence-corrected chi connectivity index (χ1v) is 5.91. The van der Waals surface area contributed by atoms with Gasteiger partial charge in [-0.2, -0.15) is 0 Å². The Kier molecular flexibility index (Phi) is 8.84. The van der Waals surface area contributed by atoms with E-state index in [-0.39, 0.29) is 0 Å². The lowest BCUT2D eigenvalue weighted by Gasteiger charge is -2.11. The van der Waals surface area contributed by atoms with Crippen molar-refractivity contribution in [2.24, 2.45) is 0 Å². The third kappa shape index (κ3) is 9.42. The molecule has 0 heterocycles. The number of carbonyl (C=O) groups excluding carboxylic acids is 1. The fraction of sp³-hybridized carbons (Fsp3) is 0.500. The van der Waals surface area contributed by atoms with Gasteiger partial charge in [-0.25, -0.2) is 4.79 Å². The van der Waals surface area contributed by atoms with Crippen LogP contribution in [0.15, 0.2) is 36.6 Å². The molecule has 0 aromatic rings. The van der Waals surface area contributed by atoms with Gasteiger partial charge in [0.2, 0.25) is 6.29 Å². The van der Waals surface area contributed by atoms with E-state index in [2.05, 4.69) is 19.6 Å². The molecule has 0 saturated heterocycles. The van der Waals surface area contributed by atoms with Gasteiger partial charge in [0.15, 0.2) is 0 Å². The zero-order valence-corrected chi connectivity index (χ0v) is 10.9. The Balaban J connectivity index is 3.72. The van der Waals surface area contributed by atoms with Crippen molar-refractivity contribution >= 4 is 5.97 Å². The Morgan fingerprint density at radius 1 is 1.41 bits per heavy atom. The van der Waals surface area contributed by atoms with Crippen molar-refractivity contribution in [3.63, 3.8) is 0 Å². The van der Waals surface area contributed by atoms with Crippen molar-refractivity contribution in [3.8, 4) is 0 Å². The second-order valence-corrected chi connectivity index (χ2v) is 3.79. The lowest BCUT2D eigenvalue weighted by molar-refractivity contribution is -0.160. The molecular weight excluding hydrogens is 216 g/mol. The number of unbranched alkanes of at least 4 members (excludes halogenated alkanes) is 2. The smallest absolute Gasteiger partial charge is 0.336 e. The van der Waals surface area contributed by atoms with Crippen LogP contribution in [0.3, 0.4) is 0 Å². The maximum atomic E-state index is 11.1. The second kappa shape index (κ2) is 9.70. The molecule has 0 radical (unpaired) electrons. The van der Waals surface area contributed by atoms with E-state index in [4.69, 9.17) is 9.47 Å². The SMILES string of the molecule is C=C(C)C(=O)OC(C)O/C=C/C=C/CCCC. The van der Waals surface area contributed by atoms with Crippen LogP contribution < -0.4 is 0 Å². The van der Waals surface area contributed by atoms with Crippen LogP contribution in [0, 0.1) is 0 Å². The molecule has 0 aliphatic rings. The number of hydrogen-bond donors (Lipinski definition) is 0. The second-order valence-electron chi connectivity index (χ2n) is 3.79. The van der Waals surface area contributed by atoms with Crippen LogP contribution >= 0.6 is 0 Å². The van der Waals surface area contributed by atoms with Gasteiger partial charge in [0.25, 0.3) is 0 Å². The van der Waals surface area contributed by atoms with Gasteiger partial charge in [-0.05, 0) is 19.4 Å². The average Bonchev–Trinajstić information content (AvgIpc) is 2.27. The Labute approximate surface area is 104 Å². The van der Waals surface area contributed by atoms with Crippen LogP contribution in [0.1, 0.15) is 40.0 Å². The summed E-state index contributed by atoms with van der Waals surface area (Å²) < 4.78 is 10.1. The van der Waals surface area contributed by atoms with Crippen molar-refractivity contribution < 1.29 is 14.3 Å². The van der Waals surface area contributed by atoms with E-state index in [1.165, 1.54) is 19.1 Å². The van der Waals surface area contributed by atoms with Crippen LogP contribution in [0.25, 0.3) is 0 Å². The van der Waals surface area contributed by atoms with Gasteiger partial charge in [0, 0.05) is 12.5 Å². The predicted molar refractivity (Wildman–Crippen MR) is 69.3 cm³/mol. The van der Waals surface area contributed by atoms with E-state index in [0.717, 1.165) is 6.42 Å². The molecule has 0 N–H and O–H groups in total. The highest BCUT2D eigenvalue weighted by Gasteiger charge is 2.08. The van der Waals surface area contributed by atoms with Crippen LogP contribution in [0.2, 0.25) is 0 Å². The van der Waals surface area contributed by atoms with Crippen LogP contribution in [0.4, 0.5) is 0 Å². The number of rotatable bonds is 8. The summed E-state index contributed by atoms with van der Waals surface area (Å²) in [6.45, 7) is 8.90. The standard InChI is InChI=1S/C14H22O3/c1-5-6-7-8-9-10-11-16-13(4)17-14(15)12(2)3/h8-11,13H,2,5-7H2,1,3-4H3/b9-8+,11-10+. The summed E-state index contributed by atoms with van der Waals surface area (Å²) in [6.07, 6.45) is 10.1. The van der Waals surface area contributed by atoms with Gasteiger partial charge in [-0.3, -0.25) is 0 Å². The Hall–Kier alpha value is -1.51. The van der Waals surface area contributed by atoms with E-state index in [9.17, 15) is 4.79 Å². The van der Waals surface area contributed by atoms with Gasteiger partial charge < -0.3 is 9.47 Å². The minimum absolute atomic E-state index is 0.365. The summed E-state index contributed by atoms with van der Waals surface area (Å²) in [7, 11) is 0. The fourth-order valence-electron chi connectivity index (χ4n) is 0.977. The van der Waals surface area contributed by atoms with Crippen LogP contribution in [0.5, 0.6) is 0 Å². The van der Waals surface area contributed by atoms with Gasteiger partial charge in [-0.15, -0.1) is 0 Å². The predicted octanol–water partition coefficient (Wildman–Crippen LogP) is 3.73. The molecule has 0 fully saturated rings. The van der Waals surface area contributed by atoms with Gasteiger partial charge >= 0.3 is 5.97 Å². The van der Waals surface area contributed by atoms with E-state index in [0.29, 0.717) is 5.57 Å². The molecule has 3 nitrogen and oxygen atoms in total. The molecule has 1 unspecified atom stereocenters. The summed E-state index contributed by atoms with van der Waals surface area (Å²) in [5.74, 6) is -0.440. The quantitative estimate of drug-likeness (QED) is 0.161. The fourth-order valence-corrected chi connectivity index (χ4v) is 0.977. The van der Waals surface area contributed by atoms with E-state index in [1.807, 2.05) is 6.08 Å². The summed E-state index contributed by atoms with van der Waals surface area (Å²) in [6, 6.07) is 0. The normalized spacial score (nSPS) is 12.9. The van der Waals surface area contributed by atoms with E-state index in [1.54, 1.807) is 19.9 Å². The molecular formula is C14H22O3. The first-order valence-electron chi connectivity index (χ1n) is 5.91. The molecule has 0 aromatic heterocycles. The maximum Gasteiger partial charge on any atom is 0.336 e. The van der Waals surface area contributed by atoms with Crippen LogP contribution in [-0.2, 0) is 14.3 Å². The first-order chi connectivity index (χ1) is 8.07. The van der Waals surface area contributed by atoms with Crippen molar-refractivity contribution in [2.45, 2.75) is 46.3 Å². The Bertz CT molecular complexity index is 290. The van der Waals surface area contributed by atoms with Crippen molar-refractivity contribution in [3.05, 3.63) is 36.6 Å². The molecule has 0 aliphatic heterocycles. The van der Waals surface area contributed by atoms with Gasteiger partial charge in [0.05, 0.1) is 6.26 Å². The van der Waals surface area contributed by atoms with Crippen LogP contribution in [-0.4, -0.2) is 12.3 Å². The molecule has 0 amide bonds. The first kappa shape index (κ1) is 15.5. The summed E-state index contributed by atoms with van der Waals surface area (Å²) in [5, 5.41) is 0.